The molecule has 7 heteroatoms. The van der Waals surface area contributed by atoms with E-state index in [2.05, 4.69) is 6.92 Å². The van der Waals surface area contributed by atoms with Crippen LogP contribution in [0.15, 0.2) is 11.6 Å². The van der Waals surface area contributed by atoms with Crippen LogP contribution < -0.4 is 0 Å². The summed E-state index contributed by atoms with van der Waals surface area (Å²) in [6.07, 6.45) is 3.18. The van der Waals surface area contributed by atoms with Crippen molar-refractivity contribution in [3.63, 3.8) is 0 Å². The number of hydrogen-bond donors (Lipinski definition) is 1. The van der Waals surface area contributed by atoms with E-state index in [1.165, 1.54) is 19.9 Å². The number of rotatable bonds is 2. The molecule has 3 saturated carbocycles. The number of aliphatic hydroxyl groups excluding tert-OH is 1. The molecule has 0 amide bonds. The maximum Gasteiger partial charge on any atom is 0.330 e. The van der Waals surface area contributed by atoms with Gasteiger partial charge in [-0.15, -0.1) is 11.6 Å². The van der Waals surface area contributed by atoms with E-state index in [4.69, 9.17) is 21.1 Å². The molecule has 0 radical (unpaired) electrons. The molecule has 3 aliphatic carbocycles. The number of ketones is 1. The maximum atomic E-state index is 12.8. The number of carbonyl (C=O) groups is 3. The fraction of sp³-hybridized carbons (Fsp3) is 0.773. The van der Waals surface area contributed by atoms with E-state index in [1.54, 1.807) is 0 Å². The first-order valence-corrected chi connectivity index (χ1v) is 10.8. The van der Waals surface area contributed by atoms with Gasteiger partial charge in [0.25, 0.3) is 0 Å². The maximum absolute atomic E-state index is 12.8. The molecular formula is C22H29ClO6. The fourth-order valence-electron chi connectivity index (χ4n) is 7.21. The smallest absolute Gasteiger partial charge is 0.330 e. The van der Waals surface area contributed by atoms with Gasteiger partial charge < -0.3 is 14.6 Å². The van der Waals surface area contributed by atoms with Crippen molar-refractivity contribution in [3.8, 4) is 0 Å². The molecule has 1 N–H and O–H groups in total. The van der Waals surface area contributed by atoms with Crippen LogP contribution in [-0.4, -0.2) is 46.5 Å². The number of carbonyl (C=O) groups excluding carboxylic acids is 3. The Balaban J connectivity index is 1.78. The predicted octanol–water partition coefficient (Wildman–Crippen LogP) is 2.79. The first kappa shape index (κ1) is 20.9. The summed E-state index contributed by atoms with van der Waals surface area (Å²) in [5.41, 5.74) is -1.41. The highest BCUT2D eigenvalue weighted by Crippen LogP contribution is 2.68. The van der Waals surface area contributed by atoms with E-state index in [1.807, 2.05) is 6.92 Å². The van der Waals surface area contributed by atoms with Crippen molar-refractivity contribution in [1.82, 2.24) is 0 Å². The van der Waals surface area contributed by atoms with Gasteiger partial charge in [-0.3, -0.25) is 9.59 Å². The Morgan fingerprint density at radius 1 is 1.21 bits per heavy atom. The molecule has 1 aliphatic heterocycles. The molecule has 160 valence electrons. The molecule has 29 heavy (non-hydrogen) atoms. The van der Waals surface area contributed by atoms with Crippen molar-refractivity contribution in [3.05, 3.63) is 11.6 Å². The van der Waals surface area contributed by atoms with E-state index >= 15 is 0 Å². The minimum absolute atomic E-state index is 0.0169. The van der Waals surface area contributed by atoms with E-state index in [9.17, 15) is 19.5 Å². The second kappa shape index (κ2) is 6.55. The molecular weight excluding hydrogens is 396 g/mol. The van der Waals surface area contributed by atoms with Crippen LogP contribution in [0.2, 0.25) is 0 Å². The second-order valence-corrected chi connectivity index (χ2v) is 10.2. The molecule has 0 saturated heterocycles. The molecule has 3 fully saturated rings. The Labute approximate surface area is 175 Å². The molecule has 1 heterocycles. The minimum atomic E-state index is -1.16. The molecule has 8 atom stereocenters. The summed E-state index contributed by atoms with van der Waals surface area (Å²) in [6, 6.07) is 0. The van der Waals surface area contributed by atoms with E-state index in [0.717, 1.165) is 12.0 Å². The predicted molar refractivity (Wildman–Crippen MR) is 105 cm³/mol. The van der Waals surface area contributed by atoms with Gasteiger partial charge in [0.15, 0.2) is 11.4 Å². The summed E-state index contributed by atoms with van der Waals surface area (Å²) >= 11 is 6.69. The zero-order valence-corrected chi connectivity index (χ0v) is 18.1. The summed E-state index contributed by atoms with van der Waals surface area (Å²) in [5.74, 6) is -1.11. The lowest BCUT2D eigenvalue weighted by molar-refractivity contribution is -0.193. The van der Waals surface area contributed by atoms with Gasteiger partial charge in [-0.2, -0.15) is 0 Å². The largest absolute Gasteiger partial charge is 0.462 e. The second-order valence-electron chi connectivity index (χ2n) is 9.78. The molecule has 0 aromatic carbocycles. The number of halogens is 1. The minimum Gasteiger partial charge on any atom is -0.462 e. The number of alkyl halides is 1. The van der Waals surface area contributed by atoms with E-state index < -0.39 is 39.9 Å². The van der Waals surface area contributed by atoms with Gasteiger partial charge in [-0.05, 0) is 55.9 Å². The third kappa shape index (κ3) is 2.61. The van der Waals surface area contributed by atoms with Crippen molar-refractivity contribution < 1.29 is 29.0 Å². The van der Waals surface area contributed by atoms with Gasteiger partial charge in [0.1, 0.15) is 6.61 Å². The molecule has 4 rings (SSSR count). The van der Waals surface area contributed by atoms with Crippen molar-refractivity contribution >= 4 is 29.3 Å². The molecule has 6 nitrogen and oxygen atoms in total. The Hall–Kier alpha value is -1.40. The lowest BCUT2D eigenvalue weighted by Crippen LogP contribution is -2.63. The van der Waals surface area contributed by atoms with Crippen molar-refractivity contribution in [2.24, 2.45) is 28.6 Å². The summed E-state index contributed by atoms with van der Waals surface area (Å²) in [6.45, 7) is 7.17. The van der Waals surface area contributed by atoms with Crippen molar-refractivity contribution in [1.29, 1.82) is 0 Å². The number of hydrogen-bond acceptors (Lipinski definition) is 6. The number of cyclic esters (lactones) is 1. The van der Waals surface area contributed by atoms with Crippen LogP contribution in [0, 0.1) is 28.6 Å². The molecule has 0 bridgehead atoms. The topological polar surface area (TPSA) is 89.9 Å². The highest BCUT2D eigenvalue weighted by atomic mass is 35.5. The third-order valence-electron chi connectivity index (χ3n) is 8.60. The van der Waals surface area contributed by atoms with Crippen LogP contribution in [0.25, 0.3) is 0 Å². The van der Waals surface area contributed by atoms with E-state index in [-0.39, 0.29) is 30.1 Å². The highest BCUT2D eigenvalue weighted by molar-refractivity contribution is 6.23. The van der Waals surface area contributed by atoms with Crippen molar-refractivity contribution in [2.45, 2.75) is 70.5 Å². The van der Waals surface area contributed by atoms with Crippen LogP contribution in [0.1, 0.15) is 53.4 Å². The number of esters is 2. The molecule has 0 aromatic heterocycles. The Morgan fingerprint density at radius 3 is 2.48 bits per heavy atom. The highest BCUT2D eigenvalue weighted by Gasteiger charge is 2.70. The SMILES string of the molecule is CC(=O)O[C@]1(C(C)=O)CCC2C3C(CCC21C)C1(C)COC(=O)C=C1[C@H](Cl)[C@H]3O. The summed E-state index contributed by atoms with van der Waals surface area (Å²) in [7, 11) is 0. The van der Waals surface area contributed by atoms with Crippen LogP contribution in [0.5, 0.6) is 0 Å². The standard InChI is InChI=1S/C22H29ClO6/c1-11(24)22(29-12(2)25)8-6-14-17-13(5-7-21(14,22)4)20(3)10-28-16(26)9-15(20)18(23)19(17)27/h9,13-14,17-19,27H,5-8,10H2,1-4H3/t13?,14?,17?,18-,19-,20?,21?,22-/m0/s1. The van der Waals surface area contributed by atoms with Crippen LogP contribution in [0.4, 0.5) is 0 Å². The lowest BCUT2D eigenvalue weighted by atomic mass is 9.46. The normalized spacial score (nSPS) is 48.6. The van der Waals surface area contributed by atoms with Gasteiger partial charge in [0.05, 0.1) is 11.5 Å². The molecule has 4 aliphatic rings. The first-order valence-electron chi connectivity index (χ1n) is 10.4. The van der Waals surface area contributed by atoms with Gasteiger partial charge >= 0.3 is 11.9 Å². The summed E-state index contributed by atoms with van der Waals surface area (Å²) < 4.78 is 11.1. The Morgan fingerprint density at radius 2 is 1.86 bits per heavy atom. The molecule has 5 unspecified atom stereocenters. The zero-order chi connectivity index (χ0) is 21.4. The summed E-state index contributed by atoms with van der Waals surface area (Å²) in [4.78, 5) is 36.5. The zero-order valence-electron chi connectivity index (χ0n) is 17.4. The molecule has 0 aromatic rings. The van der Waals surface area contributed by atoms with Crippen LogP contribution in [0.3, 0.4) is 0 Å². The van der Waals surface area contributed by atoms with Gasteiger partial charge in [-0.1, -0.05) is 13.8 Å². The fourth-order valence-corrected chi connectivity index (χ4v) is 7.69. The number of ether oxygens (including phenoxy) is 2. The van der Waals surface area contributed by atoms with Crippen LogP contribution in [-0.2, 0) is 23.9 Å². The Bertz CT molecular complexity index is 807. The number of Topliss-reactive ketones (excluding diaryl/α,β-unsaturated/α-hetero) is 1. The lowest BCUT2D eigenvalue weighted by Gasteiger charge is -2.60. The van der Waals surface area contributed by atoms with Gasteiger partial charge in [-0.25, -0.2) is 4.79 Å². The monoisotopic (exact) mass is 424 g/mol. The molecule has 0 spiro atoms. The van der Waals surface area contributed by atoms with E-state index in [0.29, 0.717) is 19.3 Å². The quantitative estimate of drug-likeness (QED) is 0.541. The average Bonchev–Trinajstić information content (AvgIpc) is 2.94. The van der Waals surface area contributed by atoms with Crippen LogP contribution >= 0.6 is 11.6 Å². The third-order valence-corrected chi connectivity index (χ3v) is 9.09. The van der Waals surface area contributed by atoms with Gasteiger partial charge in [0.2, 0.25) is 0 Å². The number of fused-ring (bicyclic) bond motifs is 5. The Kier molecular flexibility index (Phi) is 4.71. The first-order chi connectivity index (χ1) is 13.5. The average molecular weight is 425 g/mol. The van der Waals surface area contributed by atoms with Gasteiger partial charge in [0, 0.05) is 23.8 Å². The summed E-state index contributed by atoms with van der Waals surface area (Å²) in [5, 5.41) is 10.6. The number of aliphatic hydroxyl groups is 1. The van der Waals surface area contributed by atoms with Crippen molar-refractivity contribution in [2.75, 3.05) is 6.61 Å².